The van der Waals surface area contributed by atoms with Crippen LogP contribution >= 0.6 is 34.5 Å². The molecule has 0 spiro atoms. The van der Waals surface area contributed by atoms with Crippen LogP contribution in [0.2, 0.25) is 5.02 Å². The van der Waals surface area contributed by atoms with Crippen molar-refractivity contribution in [3.05, 3.63) is 26.9 Å². The fourth-order valence-corrected chi connectivity index (χ4v) is 5.23. The monoisotopic (exact) mass is 491 g/mol. The summed E-state index contributed by atoms with van der Waals surface area (Å²) in [4.78, 5) is 21.4. The minimum atomic E-state index is -0.391. The van der Waals surface area contributed by atoms with Crippen molar-refractivity contribution in [3.8, 4) is 0 Å². The summed E-state index contributed by atoms with van der Waals surface area (Å²) in [5.41, 5.74) is 0.861. The summed E-state index contributed by atoms with van der Waals surface area (Å²) in [7, 11) is 2.10. The molecule has 1 aromatic heterocycles. The molecule has 0 aliphatic carbocycles. The molecule has 1 fully saturated rings. The zero-order chi connectivity index (χ0) is 18.7. The minimum Gasteiger partial charge on any atom is -0.382 e. The third-order valence-corrected chi connectivity index (χ3v) is 6.71. The maximum Gasteiger partial charge on any atom is 0.359 e. The van der Waals surface area contributed by atoms with Gasteiger partial charge in [0.15, 0.2) is 5.82 Å². The first-order valence-electron chi connectivity index (χ1n) is 8.62. The second-order valence-electron chi connectivity index (χ2n) is 7.20. The number of piperazine rings is 1. The van der Waals surface area contributed by atoms with E-state index < -0.39 is 5.69 Å². The van der Waals surface area contributed by atoms with E-state index in [0.717, 1.165) is 19.5 Å². The van der Waals surface area contributed by atoms with Crippen molar-refractivity contribution in [1.29, 1.82) is 0 Å². The molecule has 2 aliphatic rings. The first kappa shape index (κ1) is 18.2. The van der Waals surface area contributed by atoms with Crippen LogP contribution in [0.25, 0.3) is 10.9 Å². The van der Waals surface area contributed by atoms with Gasteiger partial charge in [0.2, 0.25) is 0 Å². The van der Waals surface area contributed by atoms with Crippen molar-refractivity contribution >= 4 is 56.9 Å². The molecule has 0 radical (unpaired) electrons. The van der Waals surface area contributed by atoms with E-state index in [1.165, 1.54) is 2.78 Å². The molecule has 2 aromatic rings. The number of likely N-dealkylation sites (N-methyl/N-ethyl adjacent to an activating group) is 1. The largest absolute Gasteiger partial charge is 0.382 e. The van der Waals surface area contributed by atoms with E-state index in [0.29, 0.717) is 34.5 Å². The van der Waals surface area contributed by atoms with Crippen LogP contribution in [0.15, 0.2) is 4.79 Å². The molecular formula is C17H20ClFIN5O. The fourth-order valence-electron chi connectivity index (χ4n) is 4.24. The van der Waals surface area contributed by atoms with E-state index in [2.05, 4.69) is 34.1 Å². The quantitative estimate of drug-likeness (QED) is 0.574. The van der Waals surface area contributed by atoms with E-state index in [1.807, 2.05) is 22.9 Å². The highest BCUT2D eigenvalue weighted by Gasteiger charge is 2.36. The normalized spacial score (nSPS) is 23.4. The molecule has 0 amide bonds. The summed E-state index contributed by atoms with van der Waals surface area (Å²) in [6, 6.07) is 0.362. The number of hydrogen-bond donors (Lipinski definition) is 1. The van der Waals surface area contributed by atoms with E-state index in [1.54, 1.807) is 6.92 Å². The van der Waals surface area contributed by atoms with E-state index in [9.17, 15) is 4.79 Å². The molecule has 1 aromatic carbocycles. The zero-order valence-electron chi connectivity index (χ0n) is 14.8. The molecule has 2 aliphatic heterocycles. The number of benzene rings is 1. The van der Waals surface area contributed by atoms with Crippen molar-refractivity contribution in [1.82, 2.24) is 12.7 Å². The first-order valence-corrected chi connectivity index (χ1v) is 9.96. The van der Waals surface area contributed by atoms with Crippen LogP contribution in [0.1, 0.15) is 18.9 Å². The van der Waals surface area contributed by atoms with Gasteiger partial charge in [-0.05, 0) is 27.3 Å². The molecule has 0 saturated carbocycles. The standard InChI is InChI=1S/C17H20ClFIN5O/c1-8-6-23(3)7-10-4-5-21-14-11-15(12(18)9(2)13(14)19)25(20)17(26)22-16(11)24(8)10/h8,10,21H,4-7H2,1-3H3. The molecule has 1 N–H and O–H groups in total. The van der Waals surface area contributed by atoms with Gasteiger partial charge in [-0.1, -0.05) is 11.6 Å². The number of aromatic nitrogens is 2. The molecule has 0 bridgehead atoms. The molecule has 9 heteroatoms. The molecule has 6 nitrogen and oxygen atoms in total. The number of fused-ring (bicyclic) bond motifs is 2. The lowest BCUT2D eigenvalue weighted by atomic mass is 10.00. The number of halogens is 3. The molecule has 26 heavy (non-hydrogen) atoms. The van der Waals surface area contributed by atoms with Gasteiger partial charge in [0.05, 0.1) is 44.5 Å². The SMILES string of the molecule is Cc1c(F)c2c3c(nc(=O)n(I)c3c1Cl)N1C(C)CN(C)CC1CCN2. The van der Waals surface area contributed by atoms with Crippen molar-refractivity contribution in [3.63, 3.8) is 0 Å². The predicted octanol–water partition coefficient (Wildman–Crippen LogP) is 3.02. The Morgan fingerprint density at radius 2 is 2.12 bits per heavy atom. The lowest BCUT2D eigenvalue weighted by Gasteiger charge is -2.46. The summed E-state index contributed by atoms with van der Waals surface area (Å²) in [6.07, 6.45) is 0.839. The van der Waals surface area contributed by atoms with Crippen molar-refractivity contribution in [2.75, 3.05) is 36.9 Å². The third kappa shape index (κ3) is 2.60. The van der Waals surface area contributed by atoms with Crippen molar-refractivity contribution in [2.45, 2.75) is 32.4 Å². The van der Waals surface area contributed by atoms with Gasteiger partial charge in [0.25, 0.3) is 0 Å². The summed E-state index contributed by atoms with van der Waals surface area (Å²) < 4.78 is 16.4. The highest BCUT2D eigenvalue weighted by Crippen LogP contribution is 2.42. The van der Waals surface area contributed by atoms with Gasteiger partial charge in [-0.25, -0.2) is 12.0 Å². The van der Waals surface area contributed by atoms with Gasteiger partial charge in [0, 0.05) is 37.3 Å². The average Bonchev–Trinajstić information content (AvgIpc) is 2.56. The molecule has 2 atom stereocenters. The highest BCUT2D eigenvalue weighted by atomic mass is 127. The van der Waals surface area contributed by atoms with Crippen molar-refractivity contribution < 1.29 is 4.39 Å². The van der Waals surface area contributed by atoms with E-state index >= 15 is 4.39 Å². The van der Waals surface area contributed by atoms with Gasteiger partial charge in [-0.3, -0.25) is 0 Å². The van der Waals surface area contributed by atoms with Crippen LogP contribution in [0.3, 0.4) is 0 Å². The van der Waals surface area contributed by atoms with Gasteiger partial charge >= 0.3 is 5.69 Å². The summed E-state index contributed by atoms with van der Waals surface area (Å²) in [5.74, 6) is 0.160. The lowest BCUT2D eigenvalue weighted by Crippen LogP contribution is -2.58. The van der Waals surface area contributed by atoms with Crippen LogP contribution < -0.4 is 15.9 Å². The van der Waals surface area contributed by atoms with Crippen LogP contribution in [0.4, 0.5) is 15.9 Å². The number of nitrogens with one attached hydrogen (secondary N) is 1. The second-order valence-corrected chi connectivity index (χ2v) is 8.54. The number of nitrogens with zero attached hydrogens (tertiary/aromatic N) is 4. The molecule has 3 heterocycles. The number of rotatable bonds is 0. The number of anilines is 2. The lowest BCUT2D eigenvalue weighted by molar-refractivity contribution is 0.227. The van der Waals surface area contributed by atoms with Gasteiger partial charge in [0.1, 0.15) is 5.82 Å². The molecule has 4 rings (SSSR count). The maximum atomic E-state index is 15.0. The van der Waals surface area contributed by atoms with Crippen LogP contribution in [-0.4, -0.2) is 51.4 Å². The number of hydrogen-bond acceptors (Lipinski definition) is 5. The second kappa shape index (κ2) is 6.49. The summed E-state index contributed by atoms with van der Waals surface area (Å²) >= 11 is 8.36. The predicted molar refractivity (Wildman–Crippen MR) is 111 cm³/mol. The van der Waals surface area contributed by atoms with Crippen molar-refractivity contribution in [2.24, 2.45) is 0 Å². The highest BCUT2D eigenvalue weighted by molar-refractivity contribution is 14.1. The van der Waals surface area contributed by atoms with Crippen LogP contribution in [0, 0.1) is 12.7 Å². The Kier molecular flexibility index (Phi) is 4.55. The molecule has 1 saturated heterocycles. The Labute approximate surface area is 169 Å². The third-order valence-electron chi connectivity index (χ3n) is 5.35. The Balaban J connectivity index is 2.12. The van der Waals surface area contributed by atoms with Crippen LogP contribution in [0.5, 0.6) is 0 Å². The van der Waals surface area contributed by atoms with Crippen LogP contribution in [-0.2, 0) is 0 Å². The summed E-state index contributed by atoms with van der Waals surface area (Å²) in [5, 5.41) is 4.09. The molecular weight excluding hydrogens is 472 g/mol. The van der Waals surface area contributed by atoms with E-state index in [4.69, 9.17) is 11.6 Å². The Hall–Kier alpha value is -1.13. The molecule has 140 valence electrons. The smallest absolute Gasteiger partial charge is 0.359 e. The topological polar surface area (TPSA) is 53.4 Å². The Morgan fingerprint density at radius 3 is 2.85 bits per heavy atom. The Morgan fingerprint density at radius 1 is 1.38 bits per heavy atom. The van der Waals surface area contributed by atoms with Gasteiger partial charge < -0.3 is 15.1 Å². The summed E-state index contributed by atoms with van der Waals surface area (Å²) in [6.45, 7) is 6.13. The Bertz CT molecular complexity index is 965. The van der Waals surface area contributed by atoms with Gasteiger partial charge in [-0.15, -0.1) is 0 Å². The first-order chi connectivity index (χ1) is 12.3. The maximum absolute atomic E-state index is 15.0. The van der Waals surface area contributed by atoms with Gasteiger partial charge in [-0.2, -0.15) is 4.98 Å². The molecule has 2 unspecified atom stereocenters. The zero-order valence-corrected chi connectivity index (χ0v) is 17.7. The average molecular weight is 492 g/mol. The van der Waals surface area contributed by atoms with E-state index in [-0.39, 0.29) is 22.9 Å². The fraction of sp³-hybridized carbons (Fsp3) is 0.529. The minimum absolute atomic E-state index is 0.160.